The van der Waals surface area contributed by atoms with Crippen LogP contribution in [0.3, 0.4) is 0 Å². The zero-order valence-electron chi connectivity index (χ0n) is 41.4. The average Bonchev–Trinajstić information content (AvgIpc) is 3.25. The van der Waals surface area contributed by atoms with Crippen LogP contribution in [0.4, 0.5) is 0 Å². The number of carbonyl (C=O) groups is 3. The van der Waals surface area contributed by atoms with Gasteiger partial charge in [0.05, 0.1) is 15.7 Å². The van der Waals surface area contributed by atoms with Gasteiger partial charge in [0, 0.05) is 0 Å². The third kappa shape index (κ3) is 66.9. The summed E-state index contributed by atoms with van der Waals surface area (Å²) >= 11 is 13.5. The third-order valence-electron chi connectivity index (χ3n) is 11.4. The second kappa shape index (κ2) is 61.3. The third-order valence-corrected chi connectivity index (χ3v) is 14.0. The summed E-state index contributed by atoms with van der Waals surface area (Å²) in [4.78, 5) is 31.7. The van der Waals surface area contributed by atoms with E-state index in [0.717, 1.165) is 38.5 Å². The number of hydrogen-bond acceptors (Lipinski definition) is 6. The van der Waals surface area contributed by atoms with Crippen molar-refractivity contribution in [2.45, 2.75) is 311 Å². The molecule has 62 heavy (non-hydrogen) atoms. The molecule has 10 heteroatoms. The monoisotopic (exact) mass is 1040 g/mol. The summed E-state index contributed by atoms with van der Waals surface area (Å²) in [7, 11) is 0. The van der Waals surface area contributed by atoms with Crippen LogP contribution in [-0.4, -0.2) is 71.5 Å². The van der Waals surface area contributed by atoms with Gasteiger partial charge in [-0.2, -0.15) is 37.9 Å². The Labute approximate surface area is 416 Å². The molecule has 0 aromatic carbocycles. The number of aliphatic carboxylic acids is 3. The topological polar surface area (TPSA) is 112 Å². The van der Waals surface area contributed by atoms with E-state index >= 15 is 0 Å². The molecule has 0 aliphatic rings. The predicted molar refractivity (Wildman–Crippen MR) is 285 cm³/mol. The maximum atomic E-state index is 10.6. The van der Waals surface area contributed by atoms with Crippen molar-refractivity contribution in [1.29, 1.82) is 0 Å². The van der Waals surface area contributed by atoms with Crippen molar-refractivity contribution in [3.8, 4) is 0 Å². The van der Waals surface area contributed by atoms with Crippen molar-refractivity contribution >= 4 is 78.3 Å². The molecule has 2 radical (unpaired) electrons. The van der Waals surface area contributed by atoms with Gasteiger partial charge in [0.15, 0.2) is 0 Å². The number of hydrogen-bond donors (Lipinski definition) is 6. The molecule has 0 aromatic heterocycles. The summed E-state index contributed by atoms with van der Waals surface area (Å²) in [6.45, 7) is 9.00. The predicted octanol–water partition coefficient (Wildman–Crippen LogP) is 17.5. The minimum absolute atomic E-state index is 0.469. The summed E-state index contributed by atoms with van der Waals surface area (Å²) in [5.74, 6) is -2.36. The van der Waals surface area contributed by atoms with E-state index in [1.54, 1.807) is 0 Å². The molecular weight excluding hydrogens is 935 g/mol. The Morgan fingerprint density at radius 1 is 0.306 bits per heavy atom. The van der Waals surface area contributed by atoms with Crippen LogP contribution < -0.4 is 0 Å². The molecule has 372 valence electrons. The van der Waals surface area contributed by atoms with Crippen molar-refractivity contribution < 1.29 is 29.7 Å². The number of carboxylic acids is 3. The molecule has 3 unspecified atom stereocenters. The molecule has 0 rings (SSSR count). The van der Waals surface area contributed by atoms with Crippen molar-refractivity contribution in [3.63, 3.8) is 0 Å². The summed E-state index contributed by atoms with van der Waals surface area (Å²) in [6.07, 6.45) is 52.2. The first kappa shape index (κ1) is 68.8. The van der Waals surface area contributed by atoms with Gasteiger partial charge >= 0.3 is 64.6 Å². The van der Waals surface area contributed by atoms with Crippen LogP contribution >= 0.6 is 37.9 Å². The first-order chi connectivity index (χ1) is 30.0. The number of unbranched alkanes of at least 4 members (excludes halogenated alkanes) is 34. The number of thiol groups is 3. The van der Waals surface area contributed by atoms with Crippen molar-refractivity contribution in [3.05, 3.63) is 0 Å². The Morgan fingerprint density at radius 2 is 0.452 bits per heavy atom. The first-order valence-corrected chi connectivity index (χ1v) is 30.3. The van der Waals surface area contributed by atoms with E-state index in [2.05, 4.69) is 65.6 Å². The molecule has 0 saturated carbocycles. The number of rotatable bonds is 44. The van der Waals surface area contributed by atoms with Crippen LogP contribution in [0.25, 0.3) is 0 Å². The van der Waals surface area contributed by atoms with Crippen molar-refractivity contribution in [2.24, 2.45) is 0 Å². The van der Waals surface area contributed by atoms with Gasteiger partial charge in [0.25, 0.3) is 0 Å². The summed E-state index contributed by atoms with van der Waals surface area (Å²) < 4.78 is 1.47. The zero-order chi connectivity index (χ0) is 47.2. The molecule has 3 N–H and O–H groups in total. The van der Waals surface area contributed by atoms with Crippen LogP contribution in [0.15, 0.2) is 0 Å². The molecule has 0 bridgehead atoms. The van der Waals surface area contributed by atoms with E-state index in [4.69, 9.17) is 15.3 Å². The molecule has 0 spiro atoms. The summed E-state index contributed by atoms with van der Waals surface area (Å²) in [5, 5.41) is 24.6. The van der Waals surface area contributed by atoms with Gasteiger partial charge in [0.1, 0.15) is 0 Å². The Balaban J connectivity index is -0.000000385. The molecule has 0 saturated heterocycles. The van der Waals surface area contributed by atoms with Gasteiger partial charge in [-0.25, -0.2) is 0 Å². The van der Waals surface area contributed by atoms with Gasteiger partial charge < -0.3 is 15.3 Å². The van der Waals surface area contributed by atoms with E-state index in [1.165, 1.54) is 232 Å². The van der Waals surface area contributed by atoms with Crippen LogP contribution in [0.2, 0.25) is 4.44 Å². The van der Waals surface area contributed by atoms with Gasteiger partial charge in [-0.05, 0) is 19.3 Å². The second-order valence-electron chi connectivity index (χ2n) is 17.7. The second-order valence-corrected chi connectivity index (χ2v) is 21.3. The molecule has 0 aliphatic carbocycles. The Morgan fingerprint density at radius 3 is 0.565 bits per heavy atom. The van der Waals surface area contributed by atoms with E-state index in [1.807, 2.05) is 0 Å². The van der Waals surface area contributed by atoms with Gasteiger partial charge in [0.2, 0.25) is 0 Å². The SMILES string of the molecule is CCCCCCCCCCCCCCC(S)C(=O)O.CCCCCCCCCCCCCCC(S)C(=O)O.CCCCCCCCCCCCCCC(S)C(=O)O.CCC[CH2][SnH]. The van der Waals surface area contributed by atoms with Crippen LogP contribution in [0.1, 0.15) is 291 Å². The number of carboxylic acid groups (broad SMARTS) is 3. The van der Waals surface area contributed by atoms with E-state index in [-0.39, 0.29) is 0 Å². The van der Waals surface area contributed by atoms with E-state index in [9.17, 15) is 14.4 Å². The molecule has 3 atom stereocenters. The van der Waals surface area contributed by atoms with Crippen LogP contribution in [-0.2, 0) is 14.4 Å². The summed E-state index contributed by atoms with van der Waals surface area (Å²) in [6, 6.07) is 0. The average molecular weight is 1040 g/mol. The molecule has 0 heterocycles. The fourth-order valence-electron chi connectivity index (χ4n) is 7.11. The minimum atomic E-state index is -0.786. The van der Waals surface area contributed by atoms with Crippen LogP contribution in [0.5, 0.6) is 0 Å². The Kier molecular flexibility index (Phi) is 68.0. The van der Waals surface area contributed by atoms with Crippen LogP contribution in [0, 0.1) is 0 Å². The Hall–Kier alpha value is 0.259. The molecule has 0 amide bonds. The van der Waals surface area contributed by atoms with Crippen molar-refractivity contribution in [2.75, 3.05) is 0 Å². The normalized spacial score (nSPS) is 12.2. The molecular formula is C52H106O6S3Sn. The molecule has 0 fully saturated rings. The van der Waals surface area contributed by atoms with E-state index < -0.39 is 33.7 Å². The zero-order valence-corrected chi connectivity index (χ0v) is 47.4. The molecule has 0 aromatic rings. The quantitative estimate of drug-likeness (QED) is 0.0206. The fourth-order valence-corrected chi connectivity index (χ4v) is 8.82. The fraction of sp³-hybridized carbons (Fsp3) is 0.942. The van der Waals surface area contributed by atoms with E-state index in [0.29, 0.717) is 19.3 Å². The van der Waals surface area contributed by atoms with Gasteiger partial charge in [-0.1, -0.05) is 252 Å². The van der Waals surface area contributed by atoms with Gasteiger partial charge in [-0.3, -0.25) is 14.4 Å². The van der Waals surface area contributed by atoms with Crippen molar-refractivity contribution in [1.82, 2.24) is 0 Å². The maximum absolute atomic E-state index is 10.6. The summed E-state index contributed by atoms with van der Waals surface area (Å²) in [5.41, 5.74) is 0. The molecule has 0 aliphatic heterocycles. The first-order valence-electron chi connectivity index (χ1n) is 26.4. The standard InChI is InChI=1S/3C16H32O2S.C4H9.Sn.H/c3*1-2-3-4-5-6-7-8-9-10-11-12-13-14-15(19)16(17)18;1-3-4-2;;/h3*15,19H,2-14H2,1H3,(H,17,18);1,3-4H2,2H3;;. The molecule has 6 nitrogen and oxygen atoms in total. The van der Waals surface area contributed by atoms with Gasteiger partial charge in [-0.15, -0.1) is 0 Å². The Bertz CT molecular complexity index is 777.